The first-order chi connectivity index (χ1) is 8.38. The second-order valence-electron chi connectivity index (χ2n) is 3.53. The maximum atomic E-state index is 5.16. The molecule has 0 fully saturated rings. The largest absolute Gasteiger partial charge is 0.497 e. The van der Waals surface area contributed by atoms with Crippen molar-refractivity contribution in [3.05, 3.63) is 43.1 Å². The Bertz CT molecular complexity index is 648. The summed E-state index contributed by atoms with van der Waals surface area (Å²) in [5.41, 5.74) is 2.61. The number of methoxy groups -OCH3 is 1. The number of ether oxygens (including phenoxy) is 1. The molecule has 3 aromatic rings. The summed E-state index contributed by atoms with van der Waals surface area (Å²) >= 11 is 0. The second-order valence-corrected chi connectivity index (χ2v) is 3.53. The highest BCUT2D eigenvalue weighted by Gasteiger charge is 2.07. The third-order valence-corrected chi connectivity index (χ3v) is 2.56. The van der Waals surface area contributed by atoms with Crippen LogP contribution in [-0.2, 0) is 0 Å². The van der Waals surface area contributed by atoms with E-state index in [0.717, 1.165) is 22.8 Å². The Labute approximate surface area is 97.7 Å². The van der Waals surface area contributed by atoms with Crippen molar-refractivity contribution in [3.8, 4) is 17.1 Å². The molecular weight excluding hydrogens is 216 g/mol. The van der Waals surface area contributed by atoms with Crippen molar-refractivity contribution in [1.29, 1.82) is 0 Å². The van der Waals surface area contributed by atoms with Crippen LogP contribution in [0.1, 0.15) is 0 Å². The molecule has 0 aromatic carbocycles. The minimum atomic E-state index is 0.789. The summed E-state index contributed by atoms with van der Waals surface area (Å²) in [6, 6.07) is 5.62. The van der Waals surface area contributed by atoms with Crippen molar-refractivity contribution in [2.75, 3.05) is 7.11 Å². The Kier molecular flexibility index (Phi) is 2.22. The summed E-state index contributed by atoms with van der Waals surface area (Å²) in [5, 5.41) is 0. The van der Waals surface area contributed by atoms with Gasteiger partial charge in [-0.2, -0.15) is 0 Å². The maximum absolute atomic E-state index is 5.16. The summed E-state index contributed by atoms with van der Waals surface area (Å²) in [6.07, 6.45) is 6.94. The highest BCUT2D eigenvalue weighted by Crippen LogP contribution is 2.20. The van der Waals surface area contributed by atoms with Gasteiger partial charge in [0.05, 0.1) is 24.7 Å². The molecule has 0 aliphatic rings. The zero-order valence-electron chi connectivity index (χ0n) is 9.24. The lowest BCUT2D eigenvalue weighted by Gasteiger charge is -2.02. The molecule has 3 rings (SSSR count). The van der Waals surface area contributed by atoms with Gasteiger partial charge in [-0.25, -0.2) is 15.0 Å². The van der Waals surface area contributed by atoms with Gasteiger partial charge in [-0.15, -0.1) is 0 Å². The van der Waals surface area contributed by atoms with Crippen LogP contribution in [0.3, 0.4) is 0 Å². The standard InChI is InChI=1S/C12H10N4O/c1-17-9-3-5-16-11(7-14-12(16)6-9)10-2-4-13-8-15-10/h2-8H,1H3. The zero-order chi connectivity index (χ0) is 11.7. The van der Waals surface area contributed by atoms with Gasteiger partial charge in [-0.1, -0.05) is 0 Å². The first-order valence-corrected chi connectivity index (χ1v) is 5.16. The summed E-state index contributed by atoms with van der Waals surface area (Å²) in [4.78, 5) is 12.4. The van der Waals surface area contributed by atoms with Crippen LogP contribution in [0.5, 0.6) is 5.75 Å². The molecular formula is C12H10N4O. The molecule has 17 heavy (non-hydrogen) atoms. The van der Waals surface area contributed by atoms with Crippen molar-refractivity contribution < 1.29 is 4.74 Å². The molecule has 0 radical (unpaired) electrons. The number of rotatable bonds is 2. The Morgan fingerprint density at radius 3 is 2.94 bits per heavy atom. The van der Waals surface area contributed by atoms with E-state index < -0.39 is 0 Å². The van der Waals surface area contributed by atoms with Crippen LogP contribution < -0.4 is 4.74 Å². The molecule has 0 unspecified atom stereocenters. The van der Waals surface area contributed by atoms with Gasteiger partial charge >= 0.3 is 0 Å². The van der Waals surface area contributed by atoms with Gasteiger partial charge in [0.1, 0.15) is 17.7 Å². The smallest absolute Gasteiger partial charge is 0.140 e. The van der Waals surface area contributed by atoms with E-state index in [9.17, 15) is 0 Å². The summed E-state index contributed by atoms with van der Waals surface area (Å²) in [7, 11) is 1.64. The minimum absolute atomic E-state index is 0.789. The molecule has 0 N–H and O–H groups in total. The molecule has 3 aromatic heterocycles. The van der Waals surface area contributed by atoms with Crippen molar-refractivity contribution in [3.63, 3.8) is 0 Å². The molecule has 0 aliphatic heterocycles. The summed E-state index contributed by atoms with van der Waals surface area (Å²) in [6.45, 7) is 0. The molecule has 5 nitrogen and oxygen atoms in total. The van der Waals surface area contributed by atoms with E-state index in [0.29, 0.717) is 0 Å². The molecule has 0 atom stereocenters. The van der Waals surface area contributed by atoms with Crippen molar-refractivity contribution in [2.45, 2.75) is 0 Å². The molecule has 5 heteroatoms. The fourth-order valence-electron chi connectivity index (χ4n) is 1.72. The maximum Gasteiger partial charge on any atom is 0.140 e. The van der Waals surface area contributed by atoms with Gasteiger partial charge in [-0.05, 0) is 12.1 Å². The summed E-state index contributed by atoms with van der Waals surface area (Å²) < 4.78 is 7.12. The number of nitrogens with zero attached hydrogens (tertiary/aromatic N) is 4. The average Bonchev–Trinajstić information content (AvgIpc) is 2.82. The SMILES string of the molecule is COc1ccn2c(-c3ccncn3)cnc2c1. The van der Waals surface area contributed by atoms with Crippen LogP contribution in [-0.4, -0.2) is 26.5 Å². The highest BCUT2D eigenvalue weighted by molar-refractivity contribution is 5.60. The molecule has 0 bridgehead atoms. The number of hydrogen-bond acceptors (Lipinski definition) is 4. The van der Waals surface area contributed by atoms with Gasteiger partial charge in [0.2, 0.25) is 0 Å². The average molecular weight is 226 g/mol. The van der Waals surface area contributed by atoms with E-state index in [1.807, 2.05) is 28.8 Å². The highest BCUT2D eigenvalue weighted by atomic mass is 16.5. The van der Waals surface area contributed by atoms with Crippen LogP contribution in [0.15, 0.2) is 43.1 Å². The van der Waals surface area contributed by atoms with Crippen LogP contribution in [0.25, 0.3) is 17.0 Å². The van der Waals surface area contributed by atoms with Crippen molar-refractivity contribution in [2.24, 2.45) is 0 Å². The van der Waals surface area contributed by atoms with E-state index in [1.165, 1.54) is 6.33 Å². The van der Waals surface area contributed by atoms with Crippen LogP contribution >= 0.6 is 0 Å². The number of fused-ring (bicyclic) bond motifs is 1. The third-order valence-electron chi connectivity index (χ3n) is 2.56. The van der Waals surface area contributed by atoms with Crippen LogP contribution in [0, 0.1) is 0 Å². The first-order valence-electron chi connectivity index (χ1n) is 5.16. The van der Waals surface area contributed by atoms with Crippen molar-refractivity contribution >= 4 is 5.65 Å². The third kappa shape index (κ3) is 1.61. The Hall–Kier alpha value is -2.43. The lowest BCUT2D eigenvalue weighted by Crippen LogP contribution is -1.91. The van der Waals surface area contributed by atoms with Gasteiger partial charge < -0.3 is 4.74 Å². The van der Waals surface area contributed by atoms with Gasteiger partial charge in [-0.3, -0.25) is 4.40 Å². The lowest BCUT2D eigenvalue weighted by molar-refractivity contribution is 0.414. The van der Waals surface area contributed by atoms with Crippen molar-refractivity contribution in [1.82, 2.24) is 19.4 Å². The Balaban J connectivity index is 2.19. The number of pyridine rings is 1. The van der Waals surface area contributed by atoms with Gasteiger partial charge in [0.15, 0.2) is 0 Å². The molecule has 3 heterocycles. The topological polar surface area (TPSA) is 52.3 Å². The number of imidazole rings is 1. The van der Waals surface area contributed by atoms with E-state index in [4.69, 9.17) is 4.74 Å². The zero-order valence-corrected chi connectivity index (χ0v) is 9.24. The molecule has 84 valence electrons. The van der Waals surface area contributed by atoms with E-state index >= 15 is 0 Å². The monoisotopic (exact) mass is 226 g/mol. The minimum Gasteiger partial charge on any atom is -0.497 e. The fourth-order valence-corrected chi connectivity index (χ4v) is 1.72. The van der Waals surface area contributed by atoms with Crippen LogP contribution in [0.4, 0.5) is 0 Å². The molecule has 0 spiro atoms. The molecule has 0 aliphatic carbocycles. The van der Waals surface area contributed by atoms with Gasteiger partial charge in [0, 0.05) is 18.5 Å². The van der Waals surface area contributed by atoms with E-state index in [1.54, 1.807) is 19.5 Å². The molecule has 0 saturated heterocycles. The first kappa shape index (κ1) is 9.77. The van der Waals surface area contributed by atoms with Gasteiger partial charge in [0.25, 0.3) is 0 Å². The Morgan fingerprint density at radius 1 is 1.24 bits per heavy atom. The second kappa shape index (κ2) is 3.86. The molecule has 0 amide bonds. The lowest BCUT2D eigenvalue weighted by atomic mass is 10.3. The molecule has 0 saturated carbocycles. The number of aromatic nitrogens is 4. The van der Waals surface area contributed by atoms with E-state index in [-0.39, 0.29) is 0 Å². The number of hydrogen-bond donors (Lipinski definition) is 0. The van der Waals surface area contributed by atoms with E-state index in [2.05, 4.69) is 15.0 Å². The quantitative estimate of drug-likeness (QED) is 0.668. The summed E-state index contributed by atoms with van der Waals surface area (Å²) in [5.74, 6) is 0.789. The fraction of sp³-hybridized carbons (Fsp3) is 0.0833. The normalized spacial score (nSPS) is 10.6. The van der Waals surface area contributed by atoms with Crippen LogP contribution in [0.2, 0.25) is 0 Å². The predicted molar refractivity (Wildman–Crippen MR) is 62.8 cm³/mol. The predicted octanol–water partition coefficient (Wildman–Crippen LogP) is 1.80. The Morgan fingerprint density at radius 2 is 2.18 bits per heavy atom.